The first kappa shape index (κ1) is 16.2. The molecule has 0 aromatic heterocycles. The van der Waals surface area contributed by atoms with Gasteiger partial charge in [0.15, 0.2) is 0 Å². The van der Waals surface area contributed by atoms with Gasteiger partial charge < -0.3 is 10.6 Å². The number of amides is 1. The standard InChI is InChI=1S/C16H30N2OS/c1-15(2)8-9-18(10-11-20-15)14(19)12-16(13-17)6-4-3-5-7-16/h3-13,17H2,1-2H3. The van der Waals surface area contributed by atoms with E-state index in [9.17, 15) is 4.79 Å². The van der Waals surface area contributed by atoms with Crippen molar-refractivity contribution in [3.63, 3.8) is 0 Å². The predicted molar refractivity (Wildman–Crippen MR) is 86.9 cm³/mol. The Morgan fingerprint density at radius 2 is 1.85 bits per heavy atom. The Balaban J connectivity index is 1.93. The second-order valence-electron chi connectivity index (χ2n) is 7.18. The summed E-state index contributed by atoms with van der Waals surface area (Å²) in [5.41, 5.74) is 6.12. The minimum atomic E-state index is 0.101. The number of carbonyl (C=O) groups is 1. The zero-order valence-corrected chi connectivity index (χ0v) is 13.9. The van der Waals surface area contributed by atoms with Crippen LogP contribution in [0, 0.1) is 5.41 Å². The smallest absolute Gasteiger partial charge is 0.223 e. The van der Waals surface area contributed by atoms with Gasteiger partial charge in [0.25, 0.3) is 0 Å². The Labute approximate surface area is 128 Å². The van der Waals surface area contributed by atoms with Crippen molar-refractivity contribution in [1.82, 2.24) is 4.90 Å². The average Bonchev–Trinajstić information content (AvgIpc) is 2.61. The molecular weight excluding hydrogens is 268 g/mol. The van der Waals surface area contributed by atoms with Crippen LogP contribution >= 0.6 is 11.8 Å². The molecule has 0 aromatic carbocycles. The Morgan fingerprint density at radius 1 is 1.15 bits per heavy atom. The lowest BCUT2D eigenvalue weighted by atomic mass is 9.71. The van der Waals surface area contributed by atoms with E-state index < -0.39 is 0 Å². The Bertz CT molecular complexity index is 337. The molecule has 20 heavy (non-hydrogen) atoms. The fourth-order valence-corrected chi connectivity index (χ4v) is 4.56. The van der Waals surface area contributed by atoms with Crippen molar-refractivity contribution in [2.75, 3.05) is 25.4 Å². The topological polar surface area (TPSA) is 46.3 Å². The fraction of sp³-hybridized carbons (Fsp3) is 0.938. The maximum absolute atomic E-state index is 12.7. The zero-order chi connectivity index (χ0) is 14.6. The van der Waals surface area contributed by atoms with Gasteiger partial charge in [0.2, 0.25) is 5.91 Å². The van der Waals surface area contributed by atoms with Gasteiger partial charge in [-0.05, 0) is 31.2 Å². The van der Waals surface area contributed by atoms with Gasteiger partial charge in [-0.15, -0.1) is 0 Å². The molecular formula is C16H30N2OS. The monoisotopic (exact) mass is 298 g/mol. The molecule has 1 amide bonds. The first-order valence-corrected chi connectivity index (χ1v) is 9.07. The van der Waals surface area contributed by atoms with E-state index in [2.05, 4.69) is 18.7 Å². The van der Waals surface area contributed by atoms with Crippen LogP contribution in [-0.4, -0.2) is 40.9 Å². The van der Waals surface area contributed by atoms with Crippen LogP contribution in [0.25, 0.3) is 0 Å². The summed E-state index contributed by atoms with van der Waals surface area (Å²) in [7, 11) is 0. The van der Waals surface area contributed by atoms with Gasteiger partial charge >= 0.3 is 0 Å². The van der Waals surface area contributed by atoms with Gasteiger partial charge in [0.05, 0.1) is 0 Å². The summed E-state index contributed by atoms with van der Waals surface area (Å²) in [5.74, 6) is 1.41. The molecule has 1 saturated heterocycles. The summed E-state index contributed by atoms with van der Waals surface area (Å²) in [6, 6.07) is 0. The number of nitrogens with two attached hydrogens (primary N) is 1. The first-order valence-electron chi connectivity index (χ1n) is 8.08. The maximum atomic E-state index is 12.7. The van der Waals surface area contributed by atoms with Crippen molar-refractivity contribution >= 4 is 17.7 Å². The van der Waals surface area contributed by atoms with E-state index in [0.717, 1.165) is 38.1 Å². The summed E-state index contributed by atoms with van der Waals surface area (Å²) < 4.78 is 0.311. The molecule has 2 fully saturated rings. The number of hydrogen-bond donors (Lipinski definition) is 1. The van der Waals surface area contributed by atoms with E-state index in [1.165, 1.54) is 19.3 Å². The molecule has 0 aromatic rings. The molecule has 4 heteroatoms. The molecule has 1 saturated carbocycles. The van der Waals surface area contributed by atoms with Gasteiger partial charge in [-0.25, -0.2) is 0 Å². The van der Waals surface area contributed by atoms with Crippen molar-refractivity contribution in [3.8, 4) is 0 Å². The van der Waals surface area contributed by atoms with E-state index >= 15 is 0 Å². The molecule has 1 heterocycles. The Hall–Kier alpha value is -0.220. The number of carbonyl (C=O) groups excluding carboxylic acids is 1. The molecule has 0 spiro atoms. The average molecular weight is 298 g/mol. The fourth-order valence-electron chi connectivity index (χ4n) is 3.46. The number of thioether (sulfide) groups is 1. The predicted octanol–water partition coefficient (Wildman–Crippen LogP) is 3.03. The highest BCUT2D eigenvalue weighted by Gasteiger charge is 2.35. The van der Waals surface area contributed by atoms with E-state index in [0.29, 0.717) is 23.6 Å². The third kappa shape index (κ3) is 4.14. The minimum absolute atomic E-state index is 0.101. The van der Waals surface area contributed by atoms with Crippen LogP contribution in [0.2, 0.25) is 0 Å². The second kappa shape index (κ2) is 6.69. The quantitative estimate of drug-likeness (QED) is 0.871. The van der Waals surface area contributed by atoms with Crippen LogP contribution in [-0.2, 0) is 4.79 Å². The Kier molecular flexibility index (Phi) is 5.41. The van der Waals surface area contributed by atoms with E-state index in [4.69, 9.17) is 5.73 Å². The normalized spacial score (nSPS) is 26.1. The lowest BCUT2D eigenvalue weighted by Crippen LogP contribution is -2.41. The molecule has 3 nitrogen and oxygen atoms in total. The van der Waals surface area contributed by atoms with Crippen molar-refractivity contribution in [3.05, 3.63) is 0 Å². The van der Waals surface area contributed by atoms with Gasteiger partial charge in [-0.1, -0.05) is 33.1 Å². The molecule has 2 N–H and O–H groups in total. The van der Waals surface area contributed by atoms with Crippen molar-refractivity contribution < 1.29 is 4.79 Å². The number of hydrogen-bond acceptors (Lipinski definition) is 3. The number of rotatable bonds is 3. The van der Waals surface area contributed by atoms with Gasteiger partial charge in [-0.2, -0.15) is 11.8 Å². The molecule has 1 aliphatic heterocycles. The molecule has 0 bridgehead atoms. The summed E-state index contributed by atoms with van der Waals surface area (Å²) >= 11 is 1.99. The van der Waals surface area contributed by atoms with Gasteiger partial charge in [-0.3, -0.25) is 4.79 Å². The van der Waals surface area contributed by atoms with Crippen LogP contribution in [0.15, 0.2) is 0 Å². The molecule has 0 radical (unpaired) electrons. The van der Waals surface area contributed by atoms with Crippen molar-refractivity contribution in [1.29, 1.82) is 0 Å². The van der Waals surface area contributed by atoms with Gasteiger partial charge in [0.1, 0.15) is 0 Å². The third-order valence-electron chi connectivity index (χ3n) is 5.06. The van der Waals surface area contributed by atoms with Crippen LogP contribution in [0.4, 0.5) is 0 Å². The van der Waals surface area contributed by atoms with E-state index in [-0.39, 0.29) is 5.41 Å². The third-order valence-corrected chi connectivity index (χ3v) is 6.44. The van der Waals surface area contributed by atoms with Crippen LogP contribution < -0.4 is 5.73 Å². The maximum Gasteiger partial charge on any atom is 0.223 e. The van der Waals surface area contributed by atoms with Crippen LogP contribution in [0.1, 0.15) is 58.8 Å². The molecule has 2 aliphatic rings. The van der Waals surface area contributed by atoms with Crippen LogP contribution in [0.5, 0.6) is 0 Å². The largest absolute Gasteiger partial charge is 0.342 e. The Morgan fingerprint density at radius 3 is 2.50 bits per heavy atom. The second-order valence-corrected chi connectivity index (χ2v) is 8.98. The molecule has 2 rings (SSSR count). The van der Waals surface area contributed by atoms with Gasteiger partial charge in [0, 0.05) is 30.0 Å². The molecule has 116 valence electrons. The molecule has 0 atom stereocenters. The molecule has 0 unspecified atom stereocenters. The minimum Gasteiger partial charge on any atom is -0.342 e. The highest BCUT2D eigenvalue weighted by Crippen LogP contribution is 2.39. The summed E-state index contributed by atoms with van der Waals surface area (Å²) in [6.07, 6.45) is 7.85. The number of nitrogens with zero attached hydrogens (tertiary/aromatic N) is 1. The highest BCUT2D eigenvalue weighted by atomic mass is 32.2. The van der Waals surface area contributed by atoms with E-state index in [1.807, 2.05) is 11.8 Å². The SMILES string of the molecule is CC1(C)CCN(C(=O)CC2(CN)CCCCC2)CCS1. The summed E-state index contributed by atoms with van der Waals surface area (Å²) in [4.78, 5) is 14.7. The summed E-state index contributed by atoms with van der Waals surface area (Å²) in [6.45, 7) is 7.07. The van der Waals surface area contributed by atoms with Crippen molar-refractivity contribution in [2.45, 2.75) is 63.5 Å². The first-order chi connectivity index (χ1) is 9.46. The highest BCUT2D eigenvalue weighted by molar-refractivity contribution is 8.00. The van der Waals surface area contributed by atoms with E-state index in [1.54, 1.807) is 0 Å². The lowest BCUT2D eigenvalue weighted by molar-refractivity contribution is -0.134. The van der Waals surface area contributed by atoms with Crippen molar-refractivity contribution in [2.24, 2.45) is 11.1 Å². The zero-order valence-electron chi connectivity index (χ0n) is 13.1. The summed E-state index contributed by atoms with van der Waals surface area (Å²) in [5, 5.41) is 0. The lowest BCUT2D eigenvalue weighted by Gasteiger charge is -2.37. The van der Waals surface area contributed by atoms with Crippen LogP contribution in [0.3, 0.4) is 0 Å². The molecule has 1 aliphatic carbocycles.